The van der Waals surface area contributed by atoms with E-state index in [1.54, 1.807) is 41.8 Å². The van der Waals surface area contributed by atoms with Crippen LogP contribution < -0.4 is 10.7 Å². The molecule has 0 aliphatic heterocycles. The maximum absolute atomic E-state index is 12.1. The Bertz CT molecular complexity index is 1280. The van der Waals surface area contributed by atoms with Crippen LogP contribution >= 0.6 is 11.6 Å². The van der Waals surface area contributed by atoms with Gasteiger partial charge in [0.25, 0.3) is 11.6 Å². The molecule has 182 valence electrons. The largest absolute Gasteiger partial charge is 0.462 e. The number of hydrogen-bond acceptors (Lipinski definition) is 7. The van der Waals surface area contributed by atoms with Crippen molar-refractivity contribution in [1.82, 2.24) is 9.99 Å². The number of halogens is 1. The number of nitro groups is 1. The van der Waals surface area contributed by atoms with Gasteiger partial charge in [0.05, 0.1) is 30.0 Å². The first-order valence-electron chi connectivity index (χ1n) is 10.7. The third-order valence-electron chi connectivity index (χ3n) is 5.09. The van der Waals surface area contributed by atoms with E-state index in [9.17, 15) is 19.7 Å². The van der Waals surface area contributed by atoms with Crippen LogP contribution in [0.4, 0.5) is 11.4 Å². The number of nitrogens with one attached hydrogen (secondary N) is 2. The second kappa shape index (κ2) is 11.3. The van der Waals surface area contributed by atoms with E-state index < -0.39 is 10.9 Å². The molecule has 2 N–H and O–H groups in total. The number of hydrazone groups is 1. The second-order valence-electron chi connectivity index (χ2n) is 7.49. The van der Waals surface area contributed by atoms with Gasteiger partial charge in [-0.25, -0.2) is 10.2 Å². The summed E-state index contributed by atoms with van der Waals surface area (Å²) >= 11 is 5.84. The molecular formula is C24H24ClN5O5. The van der Waals surface area contributed by atoms with E-state index in [4.69, 9.17) is 16.3 Å². The van der Waals surface area contributed by atoms with Gasteiger partial charge in [-0.3, -0.25) is 14.9 Å². The predicted octanol–water partition coefficient (Wildman–Crippen LogP) is 4.39. The summed E-state index contributed by atoms with van der Waals surface area (Å²) in [5.74, 6) is -1.09. The van der Waals surface area contributed by atoms with Gasteiger partial charge in [-0.05, 0) is 63.2 Å². The Kier molecular flexibility index (Phi) is 8.21. The fourth-order valence-corrected chi connectivity index (χ4v) is 3.60. The Labute approximate surface area is 206 Å². The van der Waals surface area contributed by atoms with Gasteiger partial charge in [-0.2, -0.15) is 5.10 Å². The van der Waals surface area contributed by atoms with Gasteiger partial charge in [-0.1, -0.05) is 11.6 Å². The molecule has 1 amide bonds. The van der Waals surface area contributed by atoms with E-state index in [0.29, 0.717) is 16.3 Å². The number of carbonyl (C=O) groups excluding carboxylic acids is 2. The van der Waals surface area contributed by atoms with E-state index in [1.165, 1.54) is 18.3 Å². The number of carbonyl (C=O) groups is 2. The maximum Gasteiger partial charge on any atom is 0.345 e. The van der Waals surface area contributed by atoms with Crippen LogP contribution in [0.25, 0.3) is 5.69 Å². The van der Waals surface area contributed by atoms with Crippen LogP contribution in [-0.4, -0.2) is 40.7 Å². The van der Waals surface area contributed by atoms with Crippen LogP contribution in [-0.2, 0) is 9.53 Å². The van der Waals surface area contributed by atoms with Gasteiger partial charge in [-0.15, -0.1) is 0 Å². The average Bonchev–Trinajstić information content (AvgIpc) is 3.11. The van der Waals surface area contributed by atoms with Crippen LogP contribution in [0, 0.1) is 24.0 Å². The lowest BCUT2D eigenvalue weighted by Crippen LogP contribution is -2.25. The van der Waals surface area contributed by atoms with Crippen molar-refractivity contribution in [2.24, 2.45) is 5.10 Å². The smallest absolute Gasteiger partial charge is 0.345 e. The summed E-state index contributed by atoms with van der Waals surface area (Å²) in [6.07, 6.45) is 1.50. The van der Waals surface area contributed by atoms with Crippen molar-refractivity contribution >= 4 is 41.1 Å². The third-order valence-corrected chi connectivity index (χ3v) is 5.34. The summed E-state index contributed by atoms with van der Waals surface area (Å²) in [6, 6.07) is 13.1. The topological polar surface area (TPSA) is 128 Å². The van der Waals surface area contributed by atoms with Crippen LogP contribution in [0.1, 0.15) is 34.2 Å². The summed E-state index contributed by atoms with van der Waals surface area (Å²) in [5.41, 5.74) is 5.51. The van der Waals surface area contributed by atoms with E-state index in [2.05, 4.69) is 15.8 Å². The zero-order valence-corrected chi connectivity index (χ0v) is 20.1. The molecule has 35 heavy (non-hydrogen) atoms. The molecule has 2 aromatic carbocycles. The summed E-state index contributed by atoms with van der Waals surface area (Å²) in [6.45, 7) is 5.43. The minimum atomic E-state index is -0.749. The molecule has 11 heteroatoms. The zero-order chi connectivity index (χ0) is 25.5. The lowest BCUT2D eigenvalue weighted by atomic mass is 10.1. The Morgan fingerprint density at radius 2 is 1.89 bits per heavy atom. The minimum absolute atomic E-state index is 0.0223. The van der Waals surface area contributed by atoms with Gasteiger partial charge in [0.15, 0.2) is 0 Å². The van der Waals surface area contributed by atoms with Crippen LogP contribution in [0.15, 0.2) is 53.6 Å². The van der Waals surface area contributed by atoms with Crippen molar-refractivity contribution in [2.75, 3.05) is 18.5 Å². The Morgan fingerprint density at radius 3 is 2.54 bits per heavy atom. The lowest BCUT2D eigenvalue weighted by Gasteiger charge is -2.11. The van der Waals surface area contributed by atoms with Gasteiger partial charge in [0.1, 0.15) is 5.56 Å². The molecule has 0 saturated heterocycles. The molecule has 3 rings (SSSR count). The molecule has 0 saturated carbocycles. The number of esters is 1. The quantitative estimate of drug-likeness (QED) is 0.195. The number of benzene rings is 2. The Balaban J connectivity index is 1.74. The van der Waals surface area contributed by atoms with Crippen molar-refractivity contribution < 1.29 is 19.2 Å². The average molecular weight is 498 g/mol. The van der Waals surface area contributed by atoms with Crippen LogP contribution in [0.5, 0.6) is 0 Å². The van der Waals surface area contributed by atoms with Gasteiger partial charge >= 0.3 is 5.97 Å². The molecule has 1 heterocycles. The summed E-state index contributed by atoms with van der Waals surface area (Å²) in [7, 11) is 0. The van der Waals surface area contributed by atoms with Gasteiger partial charge < -0.3 is 14.6 Å². The standard InChI is InChI=1S/C24H24ClN5O5/c1-4-35-24(32)21-10-9-20(12-22(21)30(33)34)29-15(2)11-17(16(29)3)13-27-28-23(31)14-26-19-7-5-18(25)6-8-19/h5-13,26H,4,14H2,1-3H3,(H,28,31)/b27-13-. The second-order valence-corrected chi connectivity index (χ2v) is 7.93. The minimum Gasteiger partial charge on any atom is -0.462 e. The highest BCUT2D eigenvalue weighted by Crippen LogP contribution is 2.27. The molecular weight excluding hydrogens is 474 g/mol. The van der Waals surface area contributed by atoms with E-state index in [0.717, 1.165) is 17.1 Å². The summed E-state index contributed by atoms with van der Waals surface area (Å²) < 4.78 is 6.71. The highest BCUT2D eigenvalue weighted by molar-refractivity contribution is 6.30. The number of nitro benzene ring substituents is 1. The van der Waals surface area contributed by atoms with Crippen molar-refractivity contribution in [3.63, 3.8) is 0 Å². The molecule has 0 fully saturated rings. The van der Waals surface area contributed by atoms with Crippen LogP contribution in [0.3, 0.4) is 0 Å². The van der Waals surface area contributed by atoms with E-state index >= 15 is 0 Å². The highest BCUT2D eigenvalue weighted by atomic mass is 35.5. The number of hydrogen-bond donors (Lipinski definition) is 2. The van der Waals surface area contributed by atoms with E-state index in [-0.39, 0.29) is 30.3 Å². The van der Waals surface area contributed by atoms with Crippen molar-refractivity contribution in [2.45, 2.75) is 20.8 Å². The fourth-order valence-electron chi connectivity index (χ4n) is 3.47. The molecule has 10 nitrogen and oxygen atoms in total. The predicted molar refractivity (Wildman–Crippen MR) is 134 cm³/mol. The van der Waals surface area contributed by atoms with E-state index in [1.807, 2.05) is 19.9 Å². The molecule has 3 aromatic rings. The number of anilines is 1. The first-order valence-corrected chi connectivity index (χ1v) is 11.0. The molecule has 0 radical (unpaired) electrons. The number of amides is 1. The first-order chi connectivity index (χ1) is 16.7. The Hall–Kier alpha value is -4.18. The summed E-state index contributed by atoms with van der Waals surface area (Å²) in [4.78, 5) is 35.1. The highest BCUT2D eigenvalue weighted by Gasteiger charge is 2.23. The number of ether oxygens (including phenoxy) is 1. The molecule has 1 aromatic heterocycles. The normalized spacial score (nSPS) is 10.9. The zero-order valence-electron chi connectivity index (χ0n) is 19.4. The lowest BCUT2D eigenvalue weighted by molar-refractivity contribution is -0.385. The molecule has 0 unspecified atom stereocenters. The first kappa shape index (κ1) is 25.4. The van der Waals surface area contributed by atoms with Gasteiger partial charge in [0, 0.05) is 33.7 Å². The van der Waals surface area contributed by atoms with Crippen molar-refractivity contribution in [3.05, 3.63) is 86.2 Å². The van der Waals surface area contributed by atoms with Crippen LogP contribution in [0.2, 0.25) is 5.02 Å². The van der Waals surface area contributed by atoms with Crippen molar-refractivity contribution in [1.29, 1.82) is 0 Å². The monoisotopic (exact) mass is 497 g/mol. The maximum atomic E-state index is 12.1. The number of nitrogens with zero attached hydrogens (tertiary/aromatic N) is 3. The van der Waals surface area contributed by atoms with Crippen molar-refractivity contribution in [3.8, 4) is 5.69 Å². The SMILES string of the molecule is CCOC(=O)c1ccc(-n2c(C)cc(/C=N\NC(=O)CNc3ccc(Cl)cc3)c2C)cc1[N+](=O)[O-]. The van der Waals surface area contributed by atoms with Gasteiger partial charge in [0.2, 0.25) is 0 Å². The number of rotatable bonds is 9. The fraction of sp³-hybridized carbons (Fsp3) is 0.208. The number of aromatic nitrogens is 1. The number of aryl methyl sites for hydroxylation is 1. The Morgan fingerprint density at radius 1 is 1.17 bits per heavy atom. The molecule has 0 spiro atoms. The summed E-state index contributed by atoms with van der Waals surface area (Å²) in [5, 5.41) is 19.1. The molecule has 0 aliphatic carbocycles. The molecule has 0 atom stereocenters. The molecule has 0 bridgehead atoms. The third kappa shape index (κ3) is 6.24. The molecule has 0 aliphatic rings.